The van der Waals surface area contributed by atoms with E-state index >= 15 is 0 Å². The number of halogens is 1. The van der Waals surface area contributed by atoms with Gasteiger partial charge in [-0.1, -0.05) is 11.6 Å². The minimum atomic E-state index is -2.83. The standard InChI is InChI=1S/C9H12ClN3O2S/c10-8-9(12-4-3-11-8)13-7-1-5-16(14,15)6-2-7/h3-4,7H,1-2,5-6H2,(H,12,13). The van der Waals surface area contributed by atoms with E-state index < -0.39 is 9.84 Å². The van der Waals surface area contributed by atoms with Crippen LogP contribution in [0.25, 0.3) is 0 Å². The number of hydrogen-bond acceptors (Lipinski definition) is 5. The SMILES string of the molecule is O=S1(=O)CCC(Nc2nccnc2Cl)CC1. The van der Waals surface area contributed by atoms with Crippen molar-refractivity contribution in [2.75, 3.05) is 16.8 Å². The van der Waals surface area contributed by atoms with Crippen molar-refractivity contribution in [2.45, 2.75) is 18.9 Å². The van der Waals surface area contributed by atoms with Crippen LogP contribution in [0.3, 0.4) is 0 Å². The second-order valence-electron chi connectivity index (χ2n) is 3.77. The lowest BCUT2D eigenvalue weighted by molar-refractivity contribution is 0.559. The Balaban J connectivity index is 2.00. The Kier molecular flexibility index (Phi) is 3.30. The molecular weight excluding hydrogens is 250 g/mol. The van der Waals surface area contributed by atoms with Gasteiger partial charge in [-0.15, -0.1) is 0 Å². The van der Waals surface area contributed by atoms with Gasteiger partial charge in [0.1, 0.15) is 9.84 Å². The van der Waals surface area contributed by atoms with Gasteiger partial charge in [-0.2, -0.15) is 0 Å². The van der Waals surface area contributed by atoms with Crippen LogP contribution in [-0.2, 0) is 9.84 Å². The molecule has 2 rings (SSSR count). The molecule has 1 aliphatic heterocycles. The Labute approximate surface area is 99.2 Å². The van der Waals surface area contributed by atoms with Crippen molar-refractivity contribution in [3.05, 3.63) is 17.5 Å². The molecule has 0 radical (unpaired) electrons. The molecule has 7 heteroatoms. The number of sulfone groups is 1. The number of anilines is 1. The van der Waals surface area contributed by atoms with Crippen LogP contribution >= 0.6 is 11.6 Å². The van der Waals surface area contributed by atoms with Crippen LogP contribution in [0, 0.1) is 0 Å². The van der Waals surface area contributed by atoms with Crippen LogP contribution in [-0.4, -0.2) is 35.9 Å². The van der Waals surface area contributed by atoms with Crippen molar-refractivity contribution in [1.82, 2.24) is 9.97 Å². The quantitative estimate of drug-likeness (QED) is 0.864. The van der Waals surface area contributed by atoms with Crippen LogP contribution in [0.1, 0.15) is 12.8 Å². The molecule has 16 heavy (non-hydrogen) atoms. The minimum absolute atomic E-state index is 0.109. The van der Waals surface area contributed by atoms with Crippen molar-refractivity contribution in [3.8, 4) is 0 Å². The van der Waals surface area contributed by atoms with Crippen LogP contribution in [0.2, 0.25) is 5.15 Å². The molecule has 88 valence electrons. The first-order valence-electron chi connectivity index (χ1n) is 5.00. The highest BCUT2D eigenvalue weighted by Crippen LogP contribution is 2.20. The number of hydrogen-bond donors (Lipinski definition) is 1. The molecule has 0 atom stereocenters. The molecule has 5 nitrogen and oxygen atoms in total. The number of nitrogens with zero attached hydrogens (tertiary/aromatic N) is 2. The summed E-state index contributed by atoms with van der Waals surface area (Å²) >= 11 is 5.85. The van der Waals surface area contributed by atoms with E-state index in [0.29, 0.717) is 23.8 Å². The highest BCUT2D eigenvalue weighted by molar-refractivity contribution is 7.91. The van der Waals surface area contributed by atoms with Gasteiger partial charge in [-0.05, 0) is 12.8 Å². The summed E-state index contributed by atoms with van der Waals surface area (Å²) in [6, 6.07) is 0.109. The maximum absolute atomic E-state index is 11.2. The lowest BCUT2D eigenvalue weighted by Crippen LogP contribution is -2.32. The van der Waals surface area contributed by atoms with Crippen LogP contribution in [0.5, 0.6) is 0 Å². The van der Waals surface area contributed by atoms with Crippen molar-refractivity contribution < 1.29 is 8.42 Å². The maximum Gasteiger partial charge on any atom is 0.171 e. The summed E-state index contributed by atoms with van der Waals surface area (Å²) in [7, 11) is -2.83. The predicted octanol–water partition coefficient (Wildman–Crippen LogP) is 1.12. The second kappa shape index (κ2) is 4.55. The number of nitrogens with one attached hydrogen (secondary N) is 1. The Morgan fingerprint density at radius 2 is 1.88 bits per heavy atom. The lowest BCUT2D eigenvalue weighted by Gasteiger charge is -2.23. The van der Waals surface area contributed by atoms with Crippen LogP contribution in [0.4, 0.5) is 5.82 Å². The highest BCUT2D eigenvalue weighted by atomic mass is 35.5. The van der Waals surface area contributed by atoms with Gasteiger partial charge in [-0.25, -0.2) is 18.4 Å². The Hall–Kier alpha value is -0.880. The second-order valence-corrected chi connectivity index (χ2v) is 6.43. The largest absolute Gasteiger partial charge is 0.365 e. The highest BCUT2D eigenvalue weighted by Gasteiger charge is 2.24. The van der Waals surface area contributed by atoms with E-state index in [1.807, 2.05) is 0 Å². The normalized spacial score (nSPS) is 20.6. The zero-order chi connectivity index (χ0) is 11.6. The Morgan fingerprint density at radius 1 is 1.25 bits per heavy atom. The smallest absolute Gasteiger partial charge is 0.171 e. The molecular formula is C9H12ClN3O2S. The predicted molar refractivity (Wildman–Crippen MR) is 62.3 cm³/mol. The molecule has 1 aliphatic rings. The molecule has 0 aliphatic carbocycles. The molecule has 0 unspecified atom stereocenters. The van der Waals surface area contributed by atoms with E-state index in [4.69, 9.17) is 11.6 Å². The third-order valence-electron chi connectivity index (χ3n) is 2.55. The molecule has 0 amide bonds. The van der Waals surface area contributed by atoms with E-state index in [9.17, 15) is 8.42 Å². The molecule has 1 saturated heterocycles. The lowest BCUT2D eigenvalue weighted by atomic mass is 10.1. The fraction of sp³-hybridized carbons (Fsp3) is 0.556. The molecule has 0 spiro atoms. The first-order valence-corrected chi connectivity index (χ1v) is 7.20. The third kappa shape index (κ3) is 2.82. The molecule has 1 fully saturated rings. The average Bonchev–Trinajstić information content (AvgIpc) is 2.24. The summed E-state index contributed by atoms with van der Waals surface area (Å²) in [5.41, 5.74) is 0. The summed E-state index contributed by atoms with van der Waals surface area (Å²) < 4.78 is 22.5. The molecule has 0 bridgehead atoms. The number of aromatic nitrogens is 2. The van der Waals surface area contributed by atoms with Crippen molar-refractivity contribution in [2.24, 2.45) is 0 Å². The summed E-state index contributed by atoms with van der Waals surface area (Å²) in [5.74, 6) is 0.971. The van der Waals surface area contributed by atoms with Gasteiger partial charge in [0.05, 0.1) is 11.5 Å². The first kappa shape index (κ1) is 11.6. The van der Waals surface area contributed by atoms with Crippen LogP contribution < -0.4 is 5.32 Å². The zero-order valence-corrected chi connectivity index (χ0v) is 10.1. The number of rotatable bonds is 2. The molecule has 2 heterocycles. The maximum atomic E-state index is 11.2. The van der Waals surface area contributed by atoms with Crippen LogP contribution in [0.15, 0.2) is 12.4 Å². The zero-order valence-electron chi connectivity index (χ0n) is 8.56. The van der Waals surface area contributed by atoms with Gasteiger partial charge in [0, 0.05) is 18.4 Å². The molecule has 0 saturated carbocycles. The minimum Gasteiger partial charge on any atom is -0.365 e. The van der Waals surface area contributed by atoms with Gasteiger partial charge in [0.25, 0.3) is 0 Å². The summed E-state index contributed by atoms with van der Waals surface area (Å²) in [6.45, 7) is 0. The van der Waals surface area contributed by atoms with Crippen molar-refractivity contribution in [3.63, 3.8) is 0 Å². The molecule has 1 aromatic rings. The van der Waals surface area contributed by atoms with Gasteiger partial charge in [0.15, 0.2) is 11.0 Å². The van der Waals surface area contributed by atoms with E-state index in [2.05, 4.69) is 15.3 Å². The first-order chi connectivity index (χ1) is 7.57. The topological polar surface area (TPSA) is 72.0 Å². The van der Waals surface area contributed by atoms with Gasteiger partial charge >= 0.3 is 0 Å². The van der Waals surface area contributed by atoms with Gasteiger partial charge < -0.3 is 5.32 Å². The fourth-order valence-electron chi connectivity index (χ4n) is 1.65. The van der Waals surface area contributed by atoms with E-state index in [1.165, 1.54) is 6.20 Å². The molecule has 1 N–H and O–H groups in total. The molecule has 1 aromatic heterocycles. The summed E-state index contributed by atoms with van der Waals surface area (Å²) in [4.78, 5) is 7.95. The Morgan fingerprint density at radius 3 is 2.50 bits per heavy atom. The molecule has 0 aromatic carbocycles. The van der Waals surface area contributed by atoms with Gasteiger partial charge in [0.2, 0.25) is 0 Å². The van der Waals surface area contributed by atoms with Crippen molar-refractivity contribution in [1.29, 1.82) is 0 Å². The fourth-order valence-corrected chi connectivity index (χ4v) is 3.30. The average molecular weight is 262 g/mol. The van der Waals surface area contributed by atoms with E-state index in [-0.39, 0.29) is 17.5 Å². The monoisotopic (exact) mass is 261 g/mol. The van der Waals surface area contributed by atoms with E-state index in [1.54, 1.807) is 6.20 Å². The Bertz CT molecular complexity index is 463. The summed E-state index contributed by atoms with van der Waals surface area (Å²) in [6.07, 6.45) is 4.25. The van der Waals surface area contributed by atoms with E-state index in [0.717, 1.165) is 0 Å². The summed E-state index contributed by atoms with van der Waals surface area (Å²) in [5, 5.41) is 3.43. The van der Waals surface area contributed by atoms with Crippen molar-refractivity contribution >= 4 is 27.3 Å². The third-order valence-corrected chi connectivity index (χ3v) is 4.54. The van der Waals surface area contributed by atoms with Gasteiger partial charge in [-0.3, -0.25) is 0 Å².